The van der Waals surface area contributed by atoms with Crippen LogP contribution in [0.25, 0.3) is 0 Å². The van der Waals surface area contributed by atoms with Gasteiger partial charge < -0.3 is 30.3 Å². The maximum absolute atomic E-state index is 12.9. The zero-order chi connectivity index (χ0) is 23.6. The highest BCUT2D eigenvalue weighted by Crippen LogP contribution is 2.30. The second-order valence-electron chi connectivity index (χ2n) is 9.07. The molecular formula is C22H30N4O6. The van der Waals surface area contributed by atoms with Gasteiger partial charge in [-0.15, -0.1) is 0 Å². The molecule has 1 aromatic carbocycles. The third-order valence-corrected chi connectivity index (χ3v) is 5.58. The first-order chi connectivity index (χ1) is 15.0. The number of anilines is 1. The van der Waals surface area contributed by atoms with Crippen LogP contribution in [0.2, 0.25) is 0 Å². The van der Waals surface area contributed by atoms with Gasteiger partial charge in [0, 0.05) is 50.4 Å². The van der Waals surface area contributed by atoms with Crippen molar-refractivity contribution in [3.8, 4) is 0 Å². The summed E-state index contributed by atoms with van der Waals surface area (Å²) in [5.41, 5.74) is 7.10. The van der Waals surface area contributed by atoms with E-state index in [2.05, 4.69) is 4.90 Å². The van der Waals surface area contributed by atoms with Crippen molar-refractivity contribution in [2.75, 3.05) is 31.1 Å². The molecule has 1 aromatic rings. The van der Waals surface area contributed by atoms with E-state index in [1.807, 2.05) is 12.1 Å². The third kappa shape index (κ3) is 5.30. The molecule has 2 heterocycles. The molecule has 0 spiro atoms. The molecule has 1 unspecified atom stereocenters. The van der Waals surface area contributed by atoms with E-state index in [9.17, 15) is 19.2 Å². The van der Waals surface area contributed by atoms with E-state index >= 15 is 0 Å². The monoisotopic (exact) mass is 446 g/mol. The largest absolute Gasteiger partial charge is 0.465 e. The first kappa shape index (κ1) is 23.4. The first-order valence-corrected chi connectivity index (χ1v) is 10.6. The number of ether oxygens (including phenoxy) is 1. The number of carbonyl (C=O) groups excluding carboxylic acids is 3. The fourth-order valence-corrected chi connectivity index (χ4v) is 4.03. The zero-order valence-electron chi connectivity index (χ0n) is 18.7. The molecule has 10 nitrogen and oxygen atoms in total. The number of fused-ring (bicyclic) bond motifs is 1. The van der Waals surface area contributed by atoms with Crippen molar-refractivity contribution in [2.45, 2.75) is 51.8 Å². The molecule has 1 saturated heterocycles. The minimum atomic E-state index is -0.927. The van der Waals surface area contributed by atoms with Crippen molar-refractivity contribution >= 4 is 29.6 Å². The van der Waals surface area contributed by atoms with E-state index in [1.54, 1.807) is 26.8 Å². The molecule has 1 fully saturated rings. The van der Waals surface area contributed by atoms with E-state index in [-0.39, 0.29) is 25.3 Å². The molecule has 0 aliphatic carbocycles. The van der Waals surface area contributed by atoms with Gasteiger partial charge in [0.15, 0.2) is 0 Å². The van der Waals surface area contributed by atoms with Crippen LogP contribution >= 0.6 is 0 Å². The lowest BCUT2D eigenvalue weighted by Crippen LogP contribution is -2.48. The smallest absolute Gasteiger partial charge is 0.407 e. The van der Waals surface area contributed by atoms with Gasteiger partial charge in [0.1, 0.15) is 11.6 Å². The van der Waals surface area contributed by atoms with Crippen LogP contribution in [0.15, 0.2) is 18.2 Å². The molecule has 0 aromatic heterocycles. The van der Waals surface area contributed by atoms with Crippen LogP contribution in [0.3, 0.4) is 0 Å². The van der Waals surface area contributed by atoms with Crippen LogP contribution in [0.1, 0.15) is 49.5 Å². The maximum atomic E-state index is 12.9. The lowest BCUT2D eigenvalue weighted by Gasteiger charge is -2.34. The Balaban J connectivity index is 1.68. The minimum Gasteiger partial charge on any atom is -0.465 e. The zero-order valence-corrected chi connectivity index (χ0v) is 18.7. The van der Waals surface area contributed by atoms with E-state index in [1.165, 1.54) is 9.80 Å². The average molecular weight is 447 g/mol. The molecule has 0 saturated carbocycles. The number of nitrogens with zero attached hydrogens (tertiary/aromatic N) is 3. The highest BCUT2D eigenvalue weighted by atomic mass is 16.6. The molecule has 32 heavy (non-hydrogen) atoms. The highest BCUT2D eigenvalue weighted by Gasteiger charge is 2.36. The van der Waals surface area contributed by atoms with Gasteiger partial charge in [0.05, 0.1) is 0 Å². The third-order valence-electron chi connectivity index (χ3n) is 5.58. The van der Waals surface area contributed by atoms with Gasteiger partial charge in [-0.05, 0) is 51.0 Å². The number of carboxylic acid groups (broad SMARTS) is 1. The summed E-state index contributed by atoms with van der Waals surface area (Å²) in [4.78, 5) is 53.0. The predicted octanol–water partition coefficient (Wildman–Crippen LogP) is 1.42. The fraction of sp³-hybridized carbons (Fsp3) is 0.545. The van der Waals surface area contributed by atoms with Gasteiger partial charge in [0.25, 0.3) is 5.91 Å². The van der Waals surface area contributed by atoms with Gasteiger partial charge in [-0.1, -0.05) is 0 Å². The molecule has 1 atom stereocenters. The number of nitrogens with two attached hydrogens (primary N) is 1. The quantitative estimate of drug-likeness (QED) is 0.631. The molecule has 3 rings (SSSR count). The number of hydrogen-bond donors (Lipinski definition) is 2. The standard InChI is InChI=1S/C22H30N4O6/c1-22(2,3)32-18(27)7-6-17(19(23)28)26-13-14-12-15(4-5-16(14)20(26)29)24-8-10-25(11-9-24)21(30)31/h4-5,12,17H,6-11,13H2,1-3H3,(H2,23,28)(H,30,31). The molecule has 174 valence electrons. The van der Waals surface area contributed by atoms with Gasteiger partial charge >= 0.3 is 12.1 Å². The number of carbonyl (C=O) groups is 4. The van der Waals surface area contributed by atoms with Crippen molar-refractivity contribution in [3.63, 3.8) is 0 Å². The summed E-state index contributed by atoms with van der Waals surface area (Å²) < 4.78 is 5.28. The van der Waals surface area contributed by atoms with Crippen molar-refractivity contribution in [1.82, 2.24) is 9.80 Å². The summed E-state index contributed by atoms with van der Waals surface area (Å²) in [6.45, 7) is 7.44. The number of esters is 1. The van der Waals surface area contributed by atoms with Crippen LogP contribution in [-0.4, -0.2) is 76.6 Å². The summed E-state index contributed by atoms with van der Waals surface area (Å²) in [5.74, 6) is -1.41. The van der Waals surface area contributed by atoms with Gasteiger partial charge in [0.2, 0.25) is 5.91 Å². The number of benzene rings is 1. The number of hydrogen-bond acceptors (Lipinski definition) is 6. The molecule has 10 heteroatoms. The Kier molecular flexibility index (Phi) is 6.61. The Labute approximate surface area is 186 Å². The van der Waals surface area contributed by atoms with E-state index in [0.717, 1.165) is 11.3 Å². The lowest BCUT2D eigenvalue weighted by atomic mass is 10.1. The SMILES string of the molecule is CC(C)(C)OC(=O)CCC(C(N)=O)N1Cc2cc(N3CCN(C(=O)O)CC3)ccc2C1=O. The topological polar surface area (TPSA) is 133 Å². The normalized spacial score (nSPS) is 17.2. The molecule has 0 bridgehead atoms. The van der Waals surface area contributed by atoms with E-state index < -0.39 is 29.6 Å². The number of piperazine rings is 1. The molecule has 3 N–H and O–H groups in total. The fourth-order valence-electron chi connectivity index (χ4n) is 4.03. The molecule has 2 aliphatic heterocycles. The molecule has 2 aliphatic rings. The summed E-state index contributed by atoms with van der Waals surface area (Å²) in [7, 11) is 0. The average Bonchev–Trinajstić information content (AvgIpc) is 3.02. The predicted molar refractivity (Wildman–Crippen MR) is 116 cm³/mol. The van der Waals surface area contributed by atoms with Gasteiger partial charge in [-0.2, -0.15) is 0 Å². The van der Waals surface area contributed by atoms with E-state index in [4.69, 9.17) is 15.6 Å². The van der Waals surface area contributed by atoms with Crippen molar-refractivity contribution < 1.29 is 29.0 Å². The van der Waals surface area contributed by atoms with Crippen LogP contribution < -0.4 is 10.6 Å². The first-order valence-electron chi connectivity index (χ1n) is 10.6. The van der Waals surface area contributed by atoms with Crippen LogP contribution in [0, 0.1) is 0 Å². The van der Waals surface area contributed by atoms with Gasteiger partial charge in [-0.3, -0.25) is 14.4 Å². The minimum absolute atomic E-state index is 0.0237. The number of primary amides is 1. The van der Waals surface area contributed by atoms with E-state index in [0.29, 0.717) is 31.7 Å². The van der Waals surface area contributed by atoms with Crippen molar-refractivity contribution in [1.29, 1.82) is 0 Å². The summed E-state index contributed by atoms with van der Waals surface area (Å²) in [5, 5.41) is 9.11. The van der Waals surface area contributed by atoms with Gasteiger partial charge in [-0.25, -0.2) is 4.79 Å². The molecular weight excluding hydrogens is 416 g/mol. The Bertz CT molecular complexity index is 917. The second-order valence-corrected chi connectivity index (χ2v) is 9.07. The lowest BCUT2D eigenvalue weighted by molar-refractivity contribution is -0.155. The molecule has 3 amide bonds. The summed E-state index contributed by atoms with van der Waals surface area (Å²) >= 11 is 0. The van der Waals surface area contributed by atoms with Crippen molar-refractivity contribution in [3.05, 3.63) is 29.3 Å². The Morgan fingerprint density at radius 2 is 1.81 bits per heavy atom. The summed E-state index contributed by atoms with van der Waals surface area (Å²) in [6, 6.07) is 4.54. The van der Waals surface area contributed by atoms with Crippen LogP contribution in [0.5, 0.6) is 0 Å². The maximum Gasteiger partial charge on any atom is 0.407 e. The Hall–Kier alpha value is -3.30. The number of amides is 3. The summed E-state index contributed by atoms with van der Waals surface area (Å²) in [6.07, 6.45) is -0.860. The van der Waals surface area contributed by atoms with Crippen LogP contribution in [0.4, 0.5) is 10.5 Å². The van der Waals surface area contributed by atoms with Crippen molar-refractivity contribution in [2.24, 2.45) is 5.73 Å². The van der Waals surface area contributed by atoms with Crippen LogP contribution in [-0.2, 0) is 20.9 Å². The second kappa shape index (κ2) is 9.05. The Morgan fingerprint density at radius 3 is 2.38 bits per heavy atom. The Morgan fingerprint density at radius 1 is 1.16 bits per heavy atom. The highest BCUT2D eigenvalue weighted by molar-refractivity contribution is 6.01. The number of rotatable bonds is 6. The molecule has 0 radical (unpaired) electrons.